The van der Waals surface area contributed by atoms with Gasteiger partial charge >= 0.3 is 0 Å². The molecule has 0 unspecified atom stereocenters. The summed E-state index contributed by atoms with van der Waals surface area (Å²) in [6, 6.07) is 0. The molecular formula is C11H19Br. The van der Waals surface area contributed by atoms with Gasteiger partial charge in [-0.3, -0.25) is 0 Å². The molecule has 70 valence electrons. The van der Waals surface area contributed by atoms with Crippen molar-refractivity contribution in [3.63, 3.8) is 0 Å². The third-order valence-corrected chi connectivity index (χ3v) is 1.93. The Kier molecular flexibility index (Phi) is 12.7. The summed E-state index contributed by atoms with van der Waals surface area (Å²) >= 11 is 3.37. The second kappa shape index (κ2) is 10.7. The van der Waals surface area contributed by atoms with Crippen molar-refractivity contribution in [1.82, 2.24) is 0 Å². The highest BCUT2D eigenvalue weighted by Crippen LogP contribution is 2.08. The van der Waals surface area contributed by atoms with Gasteiger partial charge in [0.15, 0.2) is 0 Å². The van der Waals surface area contributed by atoms with Crippen molar-refractivity contribution in [2.45, 2.75) is 34.1 Å². The molecule has 0 aliphatic carbocycles. The molecule has 0 rings (SSSR count). The molecule has 0 fully saturated rings. The van der Waals surface area contributed by atoms with Gasteiger partial charge in [0, 0.05) is 4.48 Å². The standard InChI is InChI=1S/C9H13Br.C2H6/c1-4-8(3)6-7-9(10)5-2;1-2/h5-7H,3-4H2,1-2H3;1-2H3/b7-6-,9-5+;. The normalized spacial score (nSPS) is 10.9. The number of allylic oxidation sites excluding steroid dienone is 5. The summed E-state index contributed by atoms with van der Waals surface area (Å²) in [7, 11) is 0. The summed E-state index contributed by atoms with van der Waals surface area (Å²) in [6.45, 7) is 11.9. The Morgan fingerprint density at radius 3 is 2.17 bits per heavy atom. The lowest BCUT2D eigenvalue weighted by Crippen LogP contribution is -1.68. The fraction of sp³-hybridized carbons (Fsp3) is 0.455. The minimum atomic E-state index is 1.01. The Balaban J connectivity index is 0. The van der Waals surface area contributed by atoms with E-state index in [4.69, 9.17) is 0 Å². The van der Waals surface area contributed by atoms with Gasteiger partial charge in [-0.1, -0.05) is 61.0 Å². The van der Waals surface area contributed by atoms with E-state index >= 15 is 0 Å². The molecule has 0 aromatic heterocycles. The van der Waals surface area contributed by atoms with Gasteiger partial charge < -0.3 is 0 Å². The molecule has 0 spiro atoms. The molecule has 0 radical (unpaired) electrons. The Morgan fingerprint density at radius 2 is 1.83 bits per heavy atom. The average molecular weight is 231 g/mol. The minimum absolute atomic E-state index is 1.01. The number of hydrogen-bond donors (Lipinski definition) is 0. The second-order valence-corrected chi connectivity index (χ2v) is 2.93. The smallest absolute Gasteiger partial charge is 0.0132 e. The van der Waals surface area contributed by atoms with Crippen LogP contribution in [-0.4, -0.2) is 0 Å². The van der Waals surface area contributed by atoms with Gasteiger partial charge in [0.25, 0.3) is 0 Å². The maximum Gasteiger partial charge on any atom is 0.0132 e. The molecule has 0 saturated heterocycles. The Labute approximate surface area is 85.2 Å². The third-order valence-electron chi connectivity index (χ3n) is 1.21. The summed E-state index contributed by atoms with van der Waals surface area (Å²) in [5.74, 6) is 0. The Bertz CT molecular complexity index is 164. The molecule has 0 aromatic carbocycles. The molecule has 0 bridgehead atoms. The maximum absolute atomic E-state index is 3.84. The fourth-order valence-electron chi connectivity index (χ4n) is 0.412. The van der Waals surface area contributed by atoms with Gasteiger partial charge in [0.1, 0.15) is 0 Å². The second-order valence-electron chi connectivity index (χ2n) is 2.02. The summed E-state index contributed by atoms with van der Waals surface area (Å²) in [6.07, 6.45) is 7.04. The van der Waals surface area contributed by atoms with Crippen molar-refractivity contribution in [3.05, 3.63) is 34.9 Å². The van der Waals surface area contributed by atoms with E-state index in [-0.39, 0.29) is 0 Å². The predicted molar refractivity (Wildman–Crippen MR) is 62.6 cm³/mol. The first-order chi connectivity index (χ1) is 5.70. The largest absolute Gasteiger partial charge is 0.0958 e. The van der Waals surface area contributed by atoms with Crippen LogP contribution in [0.25, 0.3) is 0 Å². The van der Waals surface area contributed by atoms with Gasteiger partial charge in [-0.05, 0) is 19.4 Å². The van der Waals surface area contributed by atoms with Crippen LogP contribution in [0.5, 0.6) is 0 Å². The molecule has 0 amide bonds. The summed E-state index contributed by atoms with van der Waals surface area (Å²) < 4.78 is 1.10. The molecule has 0 nitrogen and oxygen atoms in total. The first kappa shape index (κ1) is 14.2. The molecule has 0 heterocycles. The quantitative estimate of drug-likeness (QED) is 0.610. The van der Waals surface area contributed by atoms with Crippen molar-refractivity contribution in [1.29, 1.82) is 0 Å². The number of hydrogen-bond acceptors (Lipinski definition) is 0. The van der Waals surface area contributed by atoms with Crippen LogP contribution in [-0.2, 0) is 0 Å². The predicted octanol–water partition coefficient (Wildman–Crippen LogP) is 4.83. The van der Waals surface area contributed by atoms with Gasteiger partial charge in [0.2, 0.25) is 0 Å². The minimum Gasteiger partial charge on any atom is -0.0958 e. The number of rotatable bonds is 3. The van der Waals surface area contributed by atoms with Gasteiger partial charge in [-0.25, -0.2) is 0 Å². The van der Waals surface area contributed by atoms with Crippen LogP contribution in [0.15, 0.2) is 34.9 Å². The van der Waals surface area contributed by atoms with E-state index in [0.717, 1.165) is 16.5 Å². The van der Waals surface area contributed by atoms with Crippen molar-refractivity contribution < 1.29 is 0 Å². The third kappa shape index (κ3) is 9.70. The highest BCUT2D eigenvalue weighted by molar-refractivity contribution is 9.11. The maximum atomic E-state index is 3.84. The molecule has 12 heavy (non-hydrogen) atoms. The van der Waals surface area contributed by atoms with Gasteiger partial charge in [-0.15, -0.1) is 0 Å². The summed E-state index contributed by atoms with van der Waals surface area (Å²) in [5.41, 5.74) is 1.15. The first-order valence-electron chi connectivity index (χ1n) is 4.38. The van der Waals surface area contributed by atoms with E-state index in [9.17, 15) is 0 Å². The lowest BCUT2D eigenvalue weighted by molar-refractivity contribution is 1.16. The molecule has 1 heteroatoms. The molecule has 0 saturated carbocycles. The molecule has 0 atom stereocenters. The van der Waals surface area contributed by atoms with Crippen LogP contribution >= 0.6 is 15.9 Å². The molecule has 0 aliphatic heterocycles. The number of halogens is 1. The highest BCUT2D eigenvalue weighted by atomic mass is 79.9. The fourth-order valence-corrected chi connectivity index (χ4v) is 0.544. The molecular weight excluding hydrogens is 212 g/mol. The van der Waals surface area contributed by atoms with E-state index in [1.54, 1.807) is 0 Å². The topological polar surface area (TPSA) is 0 Å². The van der Waals surface area contributed by atoms with Crippen LogP contribution in [0.1, 0.15) is 34.1 Å². The van der Waals surface area contributed by atoms with Gasteiger partial charge in [-0.2, -0.15) is 0 Å². The van der Waals surface area contributed by atoms with E-state index in [2.05, 4.69) is 29.4 Å². The first-order valence-corrected chi connectivity index (χ1v) is 5.17. The van der Waals surface area contributed by atoms with Crippen molar-refractivity contribution in [2.75, 3.05) is 0 Å². The molecule has 0 N–H and O–H groups in total. The van der Waals surface area contributed by atoms with Crippen LogP contribution in [0, 0.1) is 0 Å². The van der Waals surface area contributed by atoms with E-state index < -0.39 is 0 Å². The van der Waals surface area contributed by atoms with E-state index in [0.29, 0.717) is 0 Å². The summed E-state index contributed by atoms with van der Waals surface area (Å²) in [4.78, 5) is 0. The van der Waals surface area contributed by atoms with Gasteiger partial charge in [0.05, 0.1) is 0 Å². The van der Waals surface area contributed by atoms with Crippen molar-refractivity contribution in [3.8, 4) is 0 Å². The zero-order chi connectivity index (χ0) is 9.98. The van der Waals surface area contributed by atoms with Crippen molar-refractivity contribution in [2.24, 2.45) is 0 Å². The van der Waals surface area contributed by atoms with Crippen molar-refractivity contribution >= 4 is 15.9 Å². The summed E-state index contributed by atoms with van der Waals surface area (Å²) in [5, 5.41) is 0. The zero-order valence-electron chi connectivity index (χ0n) is 8.52. The lowest BCUT2D eigenvalue weighted by atomic mass is 10.2. The van der Waals surface area contributed by atoms with Crippen LogP contribution in [0.4, 0.5) is 0 Å². The van der Waals surface area contributed by atoms with E-state index in [1.165, 1.54) is 0 Å². The monoisotopic (exact) mass is 230 g/mol. The average Bonchev–Trinajstić information content (AvgIpc) is 2.16. The van der Waals surface area contributed by atoms with E-state index in [1.807, 2.05) is 39.0 Å². The Morgan fingerprint density at radius 1 is 1.33 bits per heavy atom. The van der Waals surface area contributed by atoms with Crippen LogP contribution < -0.4 is 0 Å². The van der Waals surface area contributed by atoms with Crippen LogP contribution in [0.3, 0.4) is 0 Å². The zero-order valence-corrected chi connectivity index (χ0v) is 10.1. The molecule has 0 aromatic rings. The highest BCUT2D eigenvalue weighted by Gasteiger charge is 1.82. The lowest BCUT2D eigenvalue weighted by Gasteiger charge is -1.90. The molecule has 0 aliphatic rings. The Hall–Kier alpha value is -0.300. The SMILES string of the molecule is C=C(/C=C\C(Br)=C/C)CC.CC. The van der Waals surface area contributed by atoms with Crippen LogP contribution in [0.2, 0.25) is 0 Å².